The maximum absolute atomic E-state index is 11.9. The molecule has 1 atom stereocenters. The molecular weight excluding hydrogens is 400 g/mol. The van der Waals surface area contributed by atoms with Gasteiger partial charge in [-0.3, -0.25) is 14.4 Å². The summed E-state index contributed by atoms with van der Waals surface area (Å²) in [5.74, 6) is -1.36. The molecule has 2 aromatic rings. The van der Waals surface area contributed by atoms with Gasteiger partial charge in [-0.25, -0.2) is 5.43 Å². The summed E-state index contributed by atoms with van der Waals surface area (Å²) < 4.78 is 10.8. The smallest absolute Gasteiger partial charge is 0.329 e. The normalized spacial score (nSPS) is 15.4. The first-order chi connectivity index (χ1) is 15.1. The highest BCUT2D eigenvalue weighted by atomic mass is 16.5. The molecule has 1 fully saturated rings. The van der Waals surface area contributed by atoms with Gasteiger partial charge in [0.25, 0.3) is 5.91 Å². The summed E-state index contributed by atoms with van der Waals surface area (Å²) in [7, 11) is 0. The topological polar surface area (TPSA) is 118 Å². The lowest BCUT2D eigenvalue weighted by molar-refractivity contribution is -0.139. The summed E-state index contributed by atoms with van der Waals surface area (Å²) >= 11 is 0. The molecule has 1 heterocycles. The van der Waals surface area contributed by atoms with Crippen LogP contribution >= 0.6 is 0 Å². The maximum Gasteiger partial charge on any atom is 0.329 e. The average molecular weight is 424 g/mol. The van der Waals surface area contributed by atoms with Crippen molar-refractivity contribution in [3.05, 3.63) is 60.2 Å². The molecule has 0 radical (unpaired) electrons. The van der Waals surface area contributed by atoms with E-state index in [-0.39, 0.29) is 18.6 Å². The molecule has 0 bridgehead atoms. The Morgan fingerprint density at radius 2 is 1.84 bits per heavy atom. The van der Waals surface area contributed by atoms with Crippen LogP contribution in [0.5, 0.6) is 5.75 Å². The lowest BCUT2D eigenvalue weighted by Gasteiger charge is -2.09. The van der Waals surface area contributed by atoms with Crippen molar-refractivity contribution in [2.75, 3.05) is 25.1 Å². The first kappa shape index (κ1) is 22.0. The van der Waals surface area contributed by atoms with Gasteiger partial charge in [-0.1, -0.05) is 18.2 Å². The van der Waals surface area contributed by atoms with Crippen molar-refractivity contribution in [3.63, 3.8) is 0 Å². The van der Waals surface area contributed by atoms with E-state index < -0.39 is 11.8 Å². The first-order valence-electron chi connectivity index (χ1n) is 9.91. The van der Waals surface area contributed by atoms with Crippen LogP contribution in [0, 0.1) is 0 Å². The third-order valence-corrected chi connectivity index (χ3v) is 4.41. The Morgan fingerprint density at radius 1 is 1.06 bits per heavy atom. The third-order valence-electron chi connectivity index (χ3n) is 4.41. The fourth-order valence-corrected chi connectivity index (χ4v) is 2.83. The number of ether oxygens (including phenoxy) is 2. The Labute approximate surface area is 179 Å². The number of nitrogens with zero attached hydrogens (tertiary/aromatic N) is 1. The van der Waals surface area contributed by atoms with Gasteiger partial charge in [-0.05, 0) is 54.8 Å². The molecule has 0 aliphatic carbocycles. The minimum absolute atomic E-state index is 0.0367. The van der Waals surface area contributed by atoms with Gasteiger partial charge in [0.2, 0.25) is 0 Å². The van der Waals surface area contributed by atoms with Crippen molar-refractivity contribution in [1.82, 2.24) is 10.7 Å². The highest BCUT2D eigenvalue weighted by Gasteiger charge is 2.18. The van der Waals surface area contributed by atoms with Crippen LogP contribution in [-0.2, 0) is 19.1 Å². The molecule has 3 rings (SSSR count). The van der Waals surface area contributed by atoms with Crippen molar-refractivity contribution < 1.29 is 23.9 Å². The highest BCUT2D eigenvalue weighted by Crippen LogP contribution is 2.12. The number of hydrogen-bond donors (Lipinski definition) is 3. The SMILES string of the molecule is O=C(COc1ccc(/C=N\NC(=O)C(=O)NC[C@H]2CCCO2)cc1)Nc1ccccc1. The Bertz CT molecular complexity index is 909. The van der Waals surface area contributed by atoms with Crippen molar-refractivity contribution in [2.45, 2.75) is 18.9 Å². The molecule has 0 unspecified atom stereocenters. The Morgan fingerprint density at radius 3 is 2.55 bits per heavy atom. The molecule has 9 nitrogen and oxygen atoms in total. The van der Waals surface area contributed by atoms with Crippen molar-refractivity contribution in [2.24, 2.45) is 5.10 Å². The van der Waals surface area contributed by atoms with Gasteiger partial charge in [0.05, 0.1) is 12.3 Å². The van der Waals surface area contributed by atoms with Crippen molar-refractivity contribution in [1.29, 1.82) is 0 Å². The Balaban J connectivity index is 1.37. The van der Waals surface area contributed by atoms with Crippen LogP contribution in [0.15, 0.2) is 59.7 Å². The summed E-state index contributed by atoms with van der Waals surface area (Å²) in [6.45, 7) is 0.863. The minimum atomic E-state index is -0.848. The number of nitrogens with one attached hydrogen (secondary N) is 3. The van der Waals surface area contributed by atoms with Crippen LogP contribution in [0.25, 0.3) is 0 Å². The number of rotatable bonds is 8. The first-order valence-corrected chi connectivity index (χ1v) is 9.91. The summed E-state index contributed by atoms with van der Waals surface area (Å²) in [6.07, 6.45) is 3.20. The van der Waals surface area contributed by atoms with E-state index in [0.717, 1.165) is 12.8 Å². The van der Waals surface area contributed by atoms with Crippen LogP contribution in [0.3, 0.4) is 0 Å². The van der Waals surface area contributed by atoms with E-state index in [9.17, 15) is 14.4 Å². The number of anilines is 1. The van der Waals surface area contributed by atoms with Crippen LogP contribution < -0.4 is 20.8 Å². The van der Waals surface area contributed by atoms with E-state index in [1.165, 1.54) is 6.21 Å². The van der Waals surface area contributed by atoms with E-state index in [2.05, 4.69) is 21.2 Å². The van der Waals surface area contributed by atoms with E-state index in [1.54, 1.807) is 36.4 Å². The Hall–Kier alpha value is -3.72. The Kier molecular flexibility index (Phi) is 8.13. The average Bonchev–Trinajstić information content (AvgIpc) is 3.31. The third kappa shape index (κ3) is 7.56. The molecular formula is C22H24N4O5. The lowest BCUT2D eigenvalue weighted by atomic mass is 10.2. The van der Waals surface area contributed by atoms with E-state index in [1.807, 2.05) is 18.2 Å². The number of hydrogen-bond acceptors (Lipinski definition) is 6. The number of para-hydroxylation sites is 1. The second-order valence-corrected chi connectivity index (χ2v) is 6.82. The zero-order chi connectivity index (χ0) is 21.9. The standard InChI is InChI=1S/C22H24N4O5/c27-20(25-17-5-2-1-3-6-17)15-31-18-10-8-16(9-11-18)13-24-26-22(29)21(28)23-14-19-7-4-12-30-19/h1-3,5-6,8-11,13,19H,4,7,12,14-15H2,(H,23,28)(H,25,27)(H,26,29)/b24-13-/t19-/m1/s1. The van der Waals surface area contributed by atoms with Crippen molar-refractivity contribution in [3.8, 4) is 5.75 Å². The number of hydrazone groups is 1. The van der Waals surface area contributed by atoms with Crippen LogP contribution in [0.2, 0.25) is 0 Å². The predicted molar refractivity (Wildman–Crippen MR) is 115 cm³/mol. The van der Waals surface area contributed by atoms with E-state index >= 15 is 0 Å². The van der Waals surface area contributed by atoms with Gasteiger partial charge < -0.3 is 20.1 Å². The second kappa shape index (κ2) is 11.5. The monoisotopic (exact) mass is 424 g/mol. The zero-order valence-corrected chi connectivity index (χ0v) is 16.9. The molecule has 0 saturated carbocycles. The fourth-order valence-electron chi connectivity index (χ4n) is 2.83. The van der Waals surface area contributed by atoms with Gasteiger partial charge in [0, 0.05) is 18.8 Å². The van der Waals surface area contributed by atoms with Crippen molar-refractivity contribution >= 4 is 29.6 Å². The summed E-state index contributed by atoms with van der Waals surface area (Å²) in [5.41, 5.74) is 3.56. The van der Waals surface area contributed by atoms with Gasteiger partial charge in [-0.15, -0.1) is 0 Å². The van der Waals surface area contributed by atoms with Crippen LogP contribution in [0.1, 0.15) is 18.4 Å². The van der Waals surface area contributed by atoms with Gasteiger partial charge >= 0.3 is 11.8 Å². The zero-order valence-electron chi connectivity index (χ0n) is 16.9. The molecule has 1 aliphatic rings. The van der Waals surface area contributed by atoms with Gasteiger partial charge in [0.15, 0.2) is 6.61 Å². The number of benzene rings is 2. The van der Waals surface area contributed by atoms with Gasteiger partial charge in [-0.2, -0.15) is 5.10 Å². The molecule has 162 valence electrons. The summed E-state index contributed by atoms with van der Waals surface area (Å²) in [4.78, 5) is 35.4. The van der Waals surface area contributed by atoms with Gasteiger partial charge in [0.1, 0.15) is 5.75 Å². The number of amides is 3. The predicted octanol–water partition coefficient (Wildman–Crippen LogP) is 1.45. The molecule has 2 aromatic carbocycles. The van der Waals surface area contributed by atoms with E-state index in [0.29, 0.717) is 30.2 Å². The molecule has 1 saturated heterocycles. The van der Waals surface area contributed by atoms with E-state index in [4.69, 9.17) is 9.47 Å². The number of carbonyl (C=O) groups is 3. The lowest BCUT2D eigenvalue weighted by Crippen LogP contribution is -2.41. The largest absolute Gasteiger partial charge is 0.484 e. The maximum atomic E-state index is 11.9. The van der Waals surface area contributed by atoms with Crippen LogP contribution in [-0.4, -0.2) is 49.8 Å². The molecule has 0 aromatic heterocycles. The minimum Gasteiger partial charge on any atom is -0.484 e. The molecule has 0 spiro atoms. The molecule has 1 aliphatic heterocycles. The second-order valence-electron chi connectivity index (χ2n) is 6.82. The molecule has 3 N–H and O–H groups in total. The summed E-state index contributed by atoms with van der Waals surface area (Å²) in [5, 5.41) is 9.02. The number of carbonyl (C=O) groups excluding carboxylic acids is 3. The molecule has 3 amide bonds. The quantitative estimate of drug-likeness (QED) is 0.337. The fraction of sp³-hybridized carbons (Fsp3) is 0.273. The highest BCUT2D eigenvalue weighted by molar-refractivity contribution is 6.35. The van der Waals surface area contributed by atoms with Crippen LogP contribution in [0.4, 0.5) is 5.69 Å². The summed E-state index contributed by atoms with van der Waals surface area (Å²) in [6, 6.07) is 15.9. The molecule has 31 heavy (non-hydrogen) atoms. The molecule has 9 heteroatoms.